The summed E-state index contributed by atoms with van der Waals surface area (Å²) in [4.78, 5) is 43.1. The molecule has 3 aromatic rings. The van der Waals surface area contributed by atoms with Crippen LogP contribution in [0.5, 0.6) is 0 Å². The molecule has 0 aliphatic carbocycles. The third-order valence-electron chi connectivity index (χ3n) is 5.43. The molecule has 4 rings (SSSR count). The standard InChI is InChI=1S/C23H22ClN5O3S/c1-3-18(30)26-19-11-14(13-33-19)22(32)27-23-25-17-9-5-8-16(24)21(17)29(23)15-7-6-10-28(12-15)20(31)4-2/h3-5,8-9,11,13,15H,1-2,6-7,10,12H2,(H,26,30)(H,25,27,32). The number of halogens is 1. The van der Waals surface area contributed by atoms with E-state index in [1.165, 1.54) is 17.4 Å². The number of amides is 3. The zero-order valence-corrected chi connectivity index (χ0v) is 19.3. The van der Waals surface area contributed by atoms with Crippen molar-refractivity contribution in [1.82, 2.24) is 14.5 Å². The molecule has 0 radical (unpaired) electrons. The van der Waals surface area contributed by atoms with E-state index in [0.717, 1.165) is 18.9 Å². The maximum Gasteiger partial charge on any atom is 0.258 e. The molecule has 0 bridgehead atoms. The molecular weight excluding hydrogens is 462 g/mol. The van der Waals surface area contributed by atoms with Crippen LogP contribution in [0.3, 0.4) is 0 Å². The summed E-state index contributed by atoms with van der Waals surface area (Å²) in [5, 5.41) is 8.22. The summed E-state index contributed by atoms with van der Waals surface area (Å²) < 4.78 is 1.91. The Bertz CT molecular complexity index is 1260. The van der Waals surface area contributed by atoms with E-state index in [-0.39, 0.29) is 23.8 Å². The van der Waals surface area contributed by atoms with Crippen LogP contribution in [-0.2, 0) is 9.59 Å². The van der Waals surface area contributed by atoms with E-state index < -0.39 is 0 Å². The fourth-order valence-electron chi connectivity index (χ4n) is 3.91. The van der Waals surface area contributed by atoms with Crippen molar-refractivity contribution in [1.29, 1.82) is 0 Å². The Kier molecular flexibility index (Phi) is 6.62. The lowest BCUT2D eigenvalue weighted by molar-refractivity contribution is -0.127. The number of fused-ring (bicyclic) bond motifs is 1. The molecule has 33 heavy (non-hydrogen) atoms. The maximum atomic E-state index is 13.0. The molecule has 3 heterocycles. The van der Waals surface area contributed by atoms with Gasteiger partial charge in [-0.3, -0.25) is 19.7 Å². The molecule has 1 atom stereocenters. The molecule has 3 amide bonds. The van der Waals surface area contributed by atoms with Gasteiger partial charge in [0.25, 0.3) is 5.91 Å². The summed E-state index contributed by atoms with van der Waals surface area (Å²) in [6.45, 7) is 8.11. The topological polar surface area (TPSA) is 96.3 Å². The highest BCUT2D eigenvalue weighted by molar-refractivity contribution is 7.14. The molecule has 8 nitrogen and oxygen atoms in total. The summed E-state index contributed by atoms with van der Waals surface area (Å²) >= 11 is 7.76. The van der Waals surface area contributed by atoms with Gasteiger partial charge in [-0.25, -0.2) is 4.98 Å². The van der Waals surface area contributed by atoms with Crippen molar-refractivity contribution in [2.24, 2.45) is 0 Å². The van der Waals surface area contributed by atoms with Crippen molar-refractivity contribution in [2.45, 2.75) is 18.9 Å². The number of anilines is 2. The molecule has 1 saturated heterocycles. The van der Waals surface area contributed by atoms with E-state index in [1.807, 2.05) is 10.6 Å². The van der Waals surface area contributed by atoms with Crippen LogP contribution in [0.1, 0.15) is 29.2 Å². The number of carbonyl (C=O) groups is 3. The van der Waals surface area contributed by atoms with E-state index in [1.54, 1.807) is 28.5 Å². The molecule has 2 aromatic heterocycles. The van der Waals surface area contributed by atoms with Gasteiger partial charge in [0.05, 0.1) is 32.7 Å². The van der Waals surface area contributed by atoms with E-state index in [9.17, 15) is 14.4 Å². The number of hydrogen-bond donors (Lipinski definition) is 2. The first-order valence-electron chi connectivity index (χ1n) is 10.3. The number of aromatic nitrogens is 2. The van der Waals surface area contributed by atoms with Crippen molar-refractivity contribution >= 4 is 62.6 Å². The van der Waals surface area contributed by atoms with Crippen LogP contribution in [0, 0.1) is 0 Å². The highest BCUT2D eigenvalue weighted by Gasteiger charge is 2.28. The molecule has 170 valence electrons. The number of imidazole rings is 1. The van der Waals surface area contributed by atoms with Gasteiger partial charge >= 0.3 is 0 Å². The van der Waals surface area contributed by atoms with Crippen LogP contribution in [0.4, 0.5) is 10.9 Å². The molecule has 1 aliphatic heterocycles. The summed E-state index contributed by atoms with van der Waals surface area (Å²) in [5.74, 6) is -0.499. The van der Waals surface area contributed by atoms with Crippen molar-refractivity contribution < 1.29 is 14.4 Å². The van der Waals surface area contributed by atoms with Gasteiger partial charge < -0.3 is 14.8 Å². The second-order valence-electron chi connectivity index (χ2n) is 7.54. The van der Waals surface area contributed by atoms with E-state index >= 15 is 0 Å². The predicted octanol–water partition coefficient (Wildman–Crippen LogP) is 4.48. The fourth-order valence-corrected chi connectivity index (χ4v) is 4.96. The fraction of sp³-hybridized carbons (Fsp3) is 0.217. The Morgan fingerprint density at radius 3 is 2.79 bits per heavy atom. The average molecular weight is 484 g/mol. The largest absolute Gasteiger partial charge is 0.337 e. The predicted molar refractivity (Wildman–Crippen MR) is 131 cm³/mol. The third kappa shape index (κ3) is 4.69. The number of benzene rings is 1. The lowest BCUT2D eigenvalue weighted by Gasteiger charge is -2.33. The smallest absolute Gasteiger partial charge is 0.258 e. The van der Waals surface area contributed by atoms with E-state index in [2.05, 4.69) is 28.8 Å². The summed E-state index contributed by atoms with van der Waals surface area (Å²) in [5.41, 5.74) is 1.74. The second-order valence-corrected chi connectivity index (χ2v) is 8.86. The van der Waals surface area contributed by atoms with Crippen molar-refractivity contribution in [3.8, 4) is 0 Å². The summed E-state index contributed by atoms with van der Waals surface area (Å²) in [7, 11) is 0. The molecular formula is C23H22ClN5O3S. The summed E-state index contributed by atoms with van der Waals surface area (Å²) in [6, 6.07) is 6.88. The van der Waals surface area contributed by atoms with Crippen LogP contribution in [0.15, 0.2) is 55.0 Å². The zero-order chi connectivity index (χ0) is 23.5. The molecule has 0 saturated carbocycles. The van der Waals surface area contributed by atoms with Gasteiger partial charge in [0.1, 0.15) is 0 Å². The van der Waals surface area contributed by atoms with Crippen molar-refractivity contribution in [3.63, 3.8) is 0 Å². The molecule has 1 aliphatic rings. The highest BCUT2D eigenvalue weighted by atomic mass is 35.5. The molecule has 1 unspecified atom stereocenters. The molecule has 2 N–H and O–H groups in total. The van der Waals surface area contributed by atoms with Crippen LogP contribution in [0.25, 0.3) is 11.0 Å². The van der Waals surface area contributed by atoms with E-state index in [0.29, 0.717) is 45.7 Å². The SMILES string of the molecule is C=CC(=O)Nc1cc(C(=O)Nc2nc3cccc(Cl)c3n2C2CCCN(C(=O)C=C)C2)cs1. The van der Waals surface area contributed by atoms with Crippen molar-refractivity contribution in [3.05, 3.63) is 65.5 Å². The Hall–Kier alpha value is -3.43. The number of piperidine rings is 1. The minimum Gasteiger partial charge on any atom is -0.337 e. The van der Waals surface area contributed by atoms with Gasteiger partial charge in [0, 0.05) is 18.5 Å². The summed E-state index contributed by atoms with van der Waals surface area (Å²) in [6.07, 6.45) is 4.08. The van der Waals surface area contributed by atoms with Gasteiger partial charge in [-0.1, -0.05) is 30.8 Å². The number of thiophene rings is 1. The molecule has 1 aromatic carbocycles. The minimum atomic E-state index is -0.368. The Labute approximate surface area is 199 Å². The lowest BCUT2D eigenvalue weighted by Crippen LogP contribution is -2.40. The van der Waals surface area contributed by atoms with Crippen molar-refractivity contribution in [2.75, 3.05) is 23.7 Å². The van der Waals surface area contributed by atoms with Crippen LogP contribution in [-0.4, -0.2) is 45.3 Å². The number of rotatable bonds is 6. The number of nitrogens with one attached hydrogen (secondary N) is 2. The number of hydrogen-bond acceptors (Lipinski definition) is 5. The quantitative estimate of drug-likeness (QED) is 0.505. The lowest BCUT2D eigenvalue weighted by atomic mass is 10.0. The van der Waals surface area contributed by atoms with E-state index in [4.69, 9.17) is 11.6 Å². The second kappa shape index (κ2) is 9.60. The maximum absolute atomic E-state index is 13.0. The zero-order valence-electron chi connectivity index (χ0n) is 17.7. The first kappa shape index (κ1) is 22.8. The highest BCUT2D eigenvalue weighted by Crippen LogP contribution is 2.34. The van der Waals surface area contributed by atoms with Gasteiger partial charge in [-0.15, -0.1) is 11.3 Å². The third-order valence-corrected chi connectivity index (χ3v) is 6.58. The van der Waals surface area contributed by atoms with Crippen LogP contribution < -0.4 is 10.6 Å². The monoisotopic (exact) mass is 483 g/mol. The molecule has 0 spiro atoms. The number of nitrogens with zero attached hydrogens (tertiary/aromatic N) is 3. The number of likely N-dealkylation sites (tertiary alicyclic amines) is 1. The Morgan fingerprint density at radius 2 is 2.03 bits per heavy atom. The van der Waals surface area contributed by atoms with Crippen LogP contribution in [0.2, 0.25) is 5.02 Å². The minimum absolute atomic E-state index is 0.118. The first-order valence-corrected chi connectivity index (χ1v) is 11.6. The Morgan fingerprint density at radius 1 is 1.21 bits per heavy atom. The van der Waals surface area contributed by atoms with Gasteiger partial charge in [-0.2, -0.15) is 0 Å². The number of para-hydroxylation sites is 1. The number of carbonyl (C=O) groups excluding carboxylic acids is 3. The van der Waals surface area contributed by atoms with Gasteiger partial charge in [-0.05, 0) is 43.2 Å². The normalized spacial score (nSPS) is 15.8. The Balaban J connectivity index is 1.67. The van der Waals surface area contributed by atoms with Gasteiger partial charge in [0.15, 0.2) is 0 Å². The first-order chi connectivity index (χ1) is 15.9. The van der Waals surface area contributed by atoms with Gasteiger partial charge in [0.2, 0.25) is 17.8 Å². The molecule has 10 heteroatoms. The molecule has 1 fully saturated rings. The average Bonchev–Trinajstić information content (AvgIpc) is 3.43. The van der Waals surface area contributed by atoms with Crippen LogP contribution >= 0.6 is 22.9 Å².